The molecule has 1 heterocycles. The molecule has 3 N–H and O–H groups in total. The van der Waals surface area contributed by atoms with Crippen LogP contribution in [-0.2, 0) is 21.9 Å². The molecule has 1 saturated heterocycles. The van der Waals surface area contributed by atoms with Gasteiger partial charge in [-0.25, -0.2) is 0 Å². The minimum atomic E-state index is -0.167. The maximum Gasteiger partial charge on any atom is 0.202 e. The number of hydroxylamine groups is 1. The molecule has 1 unspecified atom stereocenters. The number of rotatable bonds is 0. The van der Waals surface area contributed by atoms with Gasteiger partial charge in [-0.05, 0) is 0 Å². The summed E-state index contributed by atoms with van der Waals surface area (Å²) < 4.78 is 0. The van der Waals surface area contributed by atoms with E-state index in [-0.39, 0.29) is 23.4 Å². The Hall–Kier alpha value is 0.399. The average molecular weight is 124 g/mol. The van der Waals surface area contributed by atoms with E-state index in [1.54, 1.807) is 0 Å². The third-order valence-electron chi connectivity index (χ3n) is 0.254. The van der Waals surface area contributed by atoms with Gasteiger partial charge in [-0.15, -0.1) is 0 Å². The zero-order valence-corrected chi connectivity index (χ0v) is 3.31. The van der Waals surface area contributed by atoms with Crippen molar-refractivity contribution in [3.8, 4) is 0 Å². The van der Waals surface area contributed by atoms with Gasteiger partial charge in [0.05, 0.1) is 0 Å². The van der Waals surface area contributed by atoms with Crippen molar-refractivity contribution in [3.05, 3.63) is 0 Å². The van der Waals surface area contributed by atoms with Gasteiger partial charge in [-0.2, -0.15) is 5.48 Å². The smallest absolute Gasteiger partial charge is 0.202 e. The van der Waals surface area contributed by atoms with Gasteiger partial charge in [0.25, 0.3) is 0 Å². The van der Waals surface area contributed by atoms with Crippen molar-refractivity contribution in [1.82, 2.24) is 5.48 Å². The first-order valence-corrected chi connectivity index (χ1v) is 1.06. The largest absolute Gasteiger partial charge is 0.290 e. The van der Waals surface area contributed by atoms with E-state index in [0.717, 1.165) is 0 Å². The van der Waals surface area contributed by atoms with Gasteiger partial charge in [0, 0.05) is 17.1 Å². The summed E-state index contributed by atoms with van der Waals surface area (Å²) in [6, 6.07) is 0. The van der Waals surface area contributed by atoms with Crippen LogP contribution < -0.4 is 11.2 Å². The topological polar surface area (TPSA) is 60.5 Å². The maximum atomic E-state index is 4.89. The van der Waals surface area contributed by atoms with E-state index in [9.17, 15) is 0 Å². The Bertz CT molecular complexity index is 28.8. The van der Waals surface area contributed by atoms with E-state index in [4.69, 9.17) is 5.73 Å². The van der Waals surface area contributed by atoms with Gasteiger partial charge in [-0.3, -0.25) is 10.6 Å². The molecule has 0 aliphatic carbocycles. The average Bonchev–Trinajstić information content (AvgIpc) is 1.75. The van der Waals surface area contributed by atoms with Crippen LogP contribution in [-0.4, -0.2) is 6.35 Å². The van der Waals surface area contributed by atoms with Crippen molar-refractivity contribution in [2.24, 2.45) is 5.73 Å². The first-order valence-electron chi connectivity index (χ1n) is 1.06. The Balaban J connectivity index is 0.000000160. The second kappa shape index (κ2) is 1.74. The summed E-state index contributed by atoms with van der Waals surface area (Å²) in [4.78, 5) is 4.24. The molecule has 1 rings (SSSR count). The summed E-state index contributed by atoms with van der Waals surface area (Å²) in [6.45, 7) is 0. The number of nitrogens with two attached hydrogens (primary N) is 1. The van der Waals surface area contributed by atoms with Crippen molar-refractivity contribution in [2.45, 2.75) is 6.35 Å². The van der Waals surface area contributed by atoms with E-state index >= 15 is 0 Å². The monoisotopic (exact) mass is 123 g/mol. The molecule has 0 spiro atoms. The Morgan fingerprint density at radius 3 is 2.00 bits per heavy atom. The SMILES string of the molecule is NC1NO1.[Cu]. The summed E-state index contributed by atoms with van der Waals surface area (Å²) in [5, 5.41) is 0. The fourth-order valence-electron chi connectivity index (χ4n) is 0.0393. The summed E-state index contributed by atoms with van der Waals surface area (Å²) in [5.41, 5.74) is 7.26. The molecule has 1 aliphatic heterocycles. The quantitative estimate of drug-likeness (QED) is 0.313. The molecule has 0 bridgehead atoms. The van der Waals surface area contributed by atoms with Gasteiger partial charge in [0.15, 0.2) is 0 Å². The van der Waals surface area contributed by atoms with Crippen LogP contribution in [0.1, 0.15) is 0 Å². The zero-order chi connectivity index (χ0) is 2.99. The molecule has 0 amide bonds. The van der Waals surface area contributed by atoms with Crippen LogP contribution in [0, 0.1) is 0 Å². The van der Waals surface area contributed by atoms with Crippen molar-refractivity contribution >= 4 is 0 Å². The summed E-state index contributed by atoms with van der Waals surface area (Å²) in [7, 11) is 0. The Morgan fingerprint density at radius 2 is 2.00 bits per heavy atom. The van der Waals surface area contributed by atoms with Crippen molar-refractivity contribution in [3.63, 3.8) is 0 Å². The Kier molecular flexibility index (Phi) is 1.88. The Morgan fingerprint density at radius 1 is 1.80 bits per heavy atom. The molecule has 1 aliphatic rings. The van der Waals surface area contributed by atoms with Gasteiger partial charge in [-0.1, -0.05) is 0 Å². The van der Waals surface area contributed by atoms with Gasteiger partial charge < -0.3 is 0 Å². The molecule has 3 nitrogen and oxygen atoms in total. The zero-order valence-electron chi connectivity index (χ0n) is 2.36. The number of hydrogen-bond donors (Lipinski definition) is 2. The fraction of sp³-hybridized carbons (Fsp3) is 1.00. The second-order valence-corrected chi connectivity index (χ2v) is 0.656. The second-order valence-electron chi connectivity index (χ2n) is 0.656. The van der Waals surface area contributed by atoms with Gasteiger partial charge in [0.2, 0.25) is 6.35 Å². The van der Waals surface area contributed by atoms with Crippen LogP contribution in [0.5, 0.6) is 0 Å². The van der Waals surface area contributed by atoms with Crippen LogP contribution in [0.2, 0.25) is 0 Å². The summed E-state index contributed by atoms with van der Waals surface area (Å²) >= 11 is 0. The first-order chi connectivity index (χ1) is 1.89. The molecule has 1 radical (unpaired) electrons. The van der Waals surface area contributed by atoms with Crippen molar-refractivity contribution in [1.29, 1.82) is 0 Å². The minimum Gasteiger partial charge on any atom is -0.290 e. The van der Waals surface area contributed by atoms with Gasteiger partial charge in [0.1, 0.15) is 0 Å². The van der Waals surface area contributed by atoms with E-state index < -0.39 is 0 Å². The summed E-state index contributed by atoms with van der Waals surface area (Å²) in [6.07, 6.45) is -0.167. The van der Waals surface area contributed by atoms with Crippen LogP contribution in [0.15, 0.2) is 0 Å². The normalized spacial score (nSPS) is 31.8. The number of hydrogen-bond acceptors (Lipinski definition) is 3. The van der Waals surface area contributed by atoms with Crippen molar-refractivity contribution in [2.75, 3.05) is 0 Å². The van der Waals surface area contributed by atoms with E-state index in [0.29, 0.717) is 0 Å². The third-order valence-corrected chi connectivity index (χ3v) is 0.254. The molecule has 5 heavy (non-hydrogen) atoms. The molecule has 35 valence electrons. The molecule has 0 aromatic rings. The molecule has 4 heteroatoms. The van der Waals surface area contributed by atoms with Crippen molar-refractivity contribution < 1.29 is 21.9 Å². The van der Waals surface area contributed by atoms with Crippen LogP contribution >= 0.6 is 0 Å². The molecule has 0 aromatic heterocycles. The minimum absolute atomic E-state index is 0. The third kappa shape index (κ3) is 2.19. The predicted molar refractivity (Wildman–Crippen MR) is 12.2 cm³/mol. The van der Waals surface area contributed by atoms with E-state index in [1.807, 2.05) is 0 Å². The van der Waals surface area contributed by atoms with Crippen LogP contribution in [0.25, 0.3) is 0 Å². The van der Waals surface area contributed by atoms with E-state index in [2.05, 4.69) is 10.3 Å². The Labute approximate surface area is 40.3 Å². The fourth-order valence-corrected chi connectivity index (χ4v) is 0.0393. The predicted octanol–water partition coefficient (Wildman–Crippen LogP) is -1.24. The molecule has 1 fully saturated rings. The summed E-state index contributed by atoms with van der Waals surface area (Å²) in [5.74, 6) is 0. The number of nitrogens with one attached hydrogen (secondary N) is 1. The maximum absolute atomic E-state index is 4.89. The molecule has 1 atom stereocenters. The molecule has 0 aromatic carbocycles. The van der Waals surface area contributed by atoms with E-state index in [1.165, 1.54) is 0 Å². The van der Waals surface area contributed by atoms with Crippen LogP contribution in [0.4, 0.5) is 0 Å². The van der Waals surface area contributed by atoms with Gasteiger partial charge >= 0.3 is 0 Å². The van der Waals surface area contributed by atoms with Crippen LogP contribution in [0.3, 0.4) is 0 Å². The molecular weight excluding hydrogens is 120 g/mol. The molecule has 0 saturated carbocycles. The first kappa shape index (κ1) is 5.40. The standard InChI is InChI=1S/CH4N2O.Cu/c2-1-3-4-1;/h1,3H,2H2;. The molecular formula is CH4CuN2O.